The van der Waals surface area contributed by atoms with Crippen molar-refractivity contribution in [2.24, 2.45) is 0 Å². The van der Waals surface area contributed by atoms with Crippen LogP contribution in [-0.2, 0) is 12.7 Å². The van der Waals surface area contributed by atoms with Crippen LogP contribution in [0.15, 0.2) is 48.8 Å². The number of hydrogen-bond donors (Lipinski definition) is 1. The predicted octanol–water partition coefficient (Wildman–Crippen LogP) is 3.59. The fraction of sp³-hybridized carbons (Fsp3) is 0.176. The second-order valence-corrected chi connectivity index (χ2v) is 5.47. The maximum Gasteiger partial charge on any atom is 0.417 e. The Balaban J connectivity index is 1.75. The highest BCUT2D eigenvalue weighted by molar-refractivity contribution is 5.94. The number of aryl methyl sites for hydroxylation is 1. The summed E-state index contributed by atoms with van der Waals surface area (Å²) in [5.74, 6) is -0.258. The van der Waals surface area contributed by atoms with Crippen LogP contribution in [0.5, 0.6) is 0 Å². The molecule has 2 aromatic heterocycles. The van der Waals surface area contributed by atoms with Gasteiger partial charge in [-0.2, -0.15) is 13.2 Å². The molecule has 2 heterocycles. The zero-order valence-electron chi connectivity index (χ0n) is 12.8. The van der Waals surface area contributed by atoms with Crippen molar-refractivity contribution in [1.29, 1.82) is 0 Å². The minimum atomic E-state index is -4.40. The van der Waals surface area contributed by atoms with Crippen LogP contribution < -0.4 is 5.32 Å². The zero-order chi connectivity index (χ0) is 17.3. The number of amides is 1. The van der Waals surface area contributed by atoms with Crippen LogP contribution in [0.3, 0.4) is 0 Å². The molecule has 0 saturated carbocycles. The van der Waals surface area contributed by atoms with E-state index in [-0.39, 0.29) is 12.5 Å². The predicted molar refractivity (Wildman–Crippen MR) is 82.5 cm³/mol. The molecule has 0 unspecified atom stereocenters. The van der Waals surface area contributed by atoms with Crippen LogP contribution in [0.25, 0.3) is 5.65 Å². The Labute approximate surface area is 135 Å². The Morgan fingerprint density at radius 2 is 2.00 bits per heavy atom. The molecular weight excluding hydrogens is 319 g/mol. The lowest BCUT2D eigenvalue weighted by Gasteiger charge is -2.05. The summed E-state index contributed by atoms with van der Waals surface area (Å²) in [5.41, 5.74) is 1.62. The van der Waals surface area contributed by atoms with E-state index in [4.69, 9.17) is 0 Å². The second kappa shape index (κ2) is 5.99. The van der Waals surface area contributed by atoms with Crippen LogP contribution in [0.1, 0.15) is 27.2 Å². The third kappa shape index (κ3) is 3.40. The Kier molecular flexibility index (Phi) is 4.01. The largest absolute Gasteiger partial charge is 0.417 e. The highest BCUT2D eigenvalue weighted by atomic mass is 19.4. The summed E-state index contributed by atoms with van der Waals surface area (Å²) in [7, 11) is 0. The van der Waals surface area contributed by atoms with Crippen LogP contribution >= 0.6 is 0 Å². The van der Waals surface area contributed by atoms with E-state index in [1.54, 1.807) is 18.2 Å². The van der Waals surface area contributed by atoms with E-state index >= 15 is 0 Å². The number of nitrogens with zero attached hydrogens (tertiary/aromatic N) is 2. The molecule has 0 fully saturated rings. The fourth-order valence-corrected chi connectivity index (χ4v) is 2.36. The van der Waals surface area contributed by atoms with Crippen molar-refractivity contribution in [2.45, 2.75) is 19.6 Å². The van der Waals surface area contributed by atoms with Crippen molar-refractivity contribution in [3.8, 4) is 0 Å². The van der Waals surface area contributed by atoms with Crippen LogP contribution in [0.4, 0.5) is 13.2 Å². The number of halogens is 3. The molecule has 3 rings (SSSR count). The fourth-order valence-electron chi connectivity index (χ4n) is 2.36. The molecule has 124 valence electrons. The van der Waals surface area contributed by atoms with E-state index in [2.05, 4.69) is 10.3 Å². The van der Waals surface area contributed by atoms with E-state index in [1.807, 2.05) is 13.0 Å². The maximum absolute atomic E-state index is 12.7. The Bertz CT molecular complexity index is 899. The number of alkyl halides is 3. The lowest BCUT2D eigenvalue weighted by atomic mass is 10.1. The number of aromatic nitrogens is 2. The van der Waals surface area contributed by atoms with Gasteiger partial charge < -0.3 is 9.72 Å². The normalized spacial score (nSPS) is 11.7. The quantitative estimate of drug-likeness (QED) is 0.796. The lowest BCUT2D eigenvalue weighted by molar-refractivity contribution is -0.137. The van der Waals surface area contributed by atoms with Gasteiger partial charge in [-0.05, 0) is 31.2 Å². The van der Waals surface area contributed by atoms with Gasteiger partial charge in [0.05, 0.1) is 17.8 Å². The van der Waals surface area contributed by atoms with Crippen molar-refractivity contribution in [2.75, 3.05) is 0 Å². The first-order chi connectivity index (χ1) is 11.3. The monoisotopic (exact) mass is 333 g/mol. The summed E-state index contributed by atoms with van der Waals surface area (Å²) >= 11 is 0. The molecule has 3 aromatic rings. The SMILES string of the molecule is Cc1cccc(C(=O)NCc2cn3cc(C(F)(F)F)ccc3n2)c1. The van der Waals surface area contributed by atoms with Gasteiger partial charge in [0.2, 0.25) is 0 Å². The molecule has 7 heteroatoms. The lowest BCUT2D eigenvalue weighted by Crippen LogP contribution is -2.22. The molecule has 0 aliphatic rings. The van der Waals surface area contributed by atoms with E-state index in [9.17, 15) is 18.0 Å². The molecule has 0 aliphatic carbocycles. The number of benzene rings is 1. The first-order valence-electron chi connectivity index (χ1n) is 7.22. The van der Waals surface area contributed by atoms with E-state index in [0.29, 0.717) is 16.9 Å². The molecule has 0 aliphatic heterocycles. The second-order valence-electron chi connectivity index (χ2n) is 5.47. The van der Waals surface area contributed by atoms with Crippen molar-refractivity contribution in [3.63, 3.8) is 0 Å². The number of hydrogen-bond acceptors (Lipinski definition) is 2. The maximum atomic E-state index is 12.7. The summed E-state index contributed by atoms with van der Waals surface area (Å²) in [6, 6.07) is 9.41. The van der Waals surface area contributed by atoms with Crippen LogP contribution in [0, 0.1) is 6.92 Å². The summed E-state index contributed by atoms with van der Waals surface area (Å²) in [6.45, 7) is 2.02. The molecule has 4 nitrogen and oxygen atoms in total. The zero-order valence-corrected chi connectivity index (χ0v) is 12.8. The molecule has 0 atom stereocenters. The molecule has 0 radical (unpaired) electrons. The third-order valence-electron chi connectivity index (χ3n) is 3.54. The first-order valence-corrected chi connectivity index (χ1v) is 7.22. The third-order valence-corrected chi connectivity index (χ3v) is 3.54. The summed E-state index contributed by atoms with van der Waals surface area (Å²) in [4.78, 5) is 16.3. The van der Waals surface area contributed by atoms with Gasteiger partial charge in [-0.3, -0.25) is 4.79 Å². The van der Waals surface area contributed by atoms with Gasteiger partial charge in [-0.15, -0.1) is 0 Å². The molecule has 1 amide bonds. The number of rotatable bonds is 3. The van der Waals surface area contributed by atoms with Crippen LogP contribution in [0.2, 0.25) is 0 Å². The minimum absolute atomic E-state index is 0.135. The molecule has 0 bridgehead atoms. The topological polar surface area (TPSA) is 46.4 Å². The number of fused-ring (bicyclic) bond motifs is 1. The van der Waals surface area contributed by atoms with Gasteiger partial charge in [-0.1, -0.05) is 17.7 Å². The average Bonchev–Trinajstić information content (AvgIpc) is 2.93. The van der Waals surface area contributed by atoms with Gasteiger partial charge in [0.1, 0.15) is 5.65 Å². The molecule has 24 heavy (non-hydrogen) atoms. The first kappa shape index (κ1) is 16.0. The number of nitrogens with one attached hydrogen (secondary N) is 1. The average molecular weight is 333 g/mol. The van der Waals surface area contributed by atoms with Gasteiger partial charge in [0.25, 0.3) is 5.91 Å². The summed E-state index contributed by atoms with van der Waals surface area (Å²) in [5, 5.41) is 2.71. The smallest absolute Gasteiger partial charge is 0.346 e. The molecular formula is C17H14F3N3O. The summed E-state index contributed by atoms with van der Waals surface area (Å²) in [6.07, 6.45) is -1.95. The van der Waals surface area contributed by atoms with E-state index < -0.39 is 11.7 Å². The van der Waals surface area contributed by atoms with Crippen molar-refractivity contribution < 1.29 is 18.0 Å². The Morgan fingerprint density at radius 3 is 2.71 bits per heavy atom. The van der Waals surface area contributed by atoms with Crippen molar-refractivity contribution in [1.82, 2.24) is 14.7 Å². The number of carbonyl (C=O) groups excluding carboxylic acids is 1. The van der Waals surface area contributed by atoms with E-state index in [1.165, 1.54) is 16.7 Å². The minimum Gasteiger partial charge on any atom is -0.346 e. The molecule has 1 N–H and O–H groups in total. The van der Waals surface area contributed by atoms with Gasteiger partial charge in [0, 0.05) is 18.0 Å². The van der Waals surface area contributed by atoms with Gasteiger partial charge >= 0.3 is 6.18 Å². The highest BCUT2D eigenvalue weighted by Crippen LogP contribution is 2.29. The number of imidazole rings is 1. The number of carbonyl (C=O) groups is 1. The molecule has 1 aromatic carbocycles. The van der Waals surface area contributed by atoms with Crippen molar-refractivity contribution in [3.05, 3.63) is 71.2 Å². The summed E-state index contributed by atoms with van der Waals surface area (Å²) < 4.78 is 39.4. The molecule has 0 spiro atoms. The van der Waals surface area contributed by atoms with Gasteiger partial charge in [0.15, 0.2) is 0 Å². The Morgan fingerprint density at radius 1 is 1.21 bits per heavy atom. The van der Waals surface area contributed by atoms with Crippen molar-refractivity contribution >= 4 is 11.6 Å². The molecule has 0 saturated heterocycles. The van der Waals surface area contributed by atoms with Gasteiger partial charge in [-0.25, -0.2) is 4.98 Å². The highest BCUT2D eigenvalue weighted by Gasteiger charge is 2.30. The standard InChI is InChI=1S/C17H14F3N3O/c1-11-3-2-4-12(7-11)16(24)21-8-14-10-23-9-13(17(18,19)20)5-6-15(23)22-14/h2-7,9-10H,8H2,1H3,(H,21,24). The number of pyridine rings is 1. The van der Waals surface area contributed by atoms with E-state index in [0.717, 1.165) is 17.8 Å². The Hall–Kier alpha value is -2.83. The van der Waals surface area contributed by atoms with Crippen LogP contribution in [-0.4, -0.2) is 15.3 Å².